The van der Waals surface area contributed by atoms with Crippen LogP contribution in [0.3, 0.4) is 0 Å². The molecule has 0 saturated carbocycles. The van der Waals surface area contributed by atoms with Crippen LogP contribution in [0.4, 0.5) is 0 Å². The lowest BCUT2D eigenvalue weighted by Crippen LogP contribution is -2.34. The van der Waals surface area contributed by atoms with Gasteiger partial charge in [-0.05, 0) is 12.8 Å². The molecule has 0 aromatic carbocycles. The molecule has 0 bridgehead atoms. The summed E-state index contributed by atoms with van der Waals surface area (Å²) >= 11 is 0. The van der Waals surface area contributed by atoms with Crippen LogP contribution >= 0.6 is 0 Å². The molecular weight excluding hydrogens is 324 g/mol. The van der Waals surface area contributed by atoms with E-state index in [1.165, 1.54) is 0 Å². The number of hydrogen-bond acceptors (Lipinski definition) is 6. The van der Waals surface area contributed by atoms with Gasteiger partial charge in [0.05, 0.1) is 0 Å². The minimum absolute atomic E-state index is 0.0922. The molecule has 0 spiro atoms. The zero-order valence-corrected chi connectivity index (χ0v) is 13.9. The zero-order chi connectivity index (χ0) is 16.5. The van der Waals surface area contributed by atoms with E-state index in [1.54, 1.807) is 6.92 Å². The lowest BCUT2D eigenvalue weighted by Gasteiger charge is -2.23. The Kier molecular flexibility index (Phi) is 9.58. The molecule has 0 heterocycles. The minimum Gasteiger partial charge on any atom is -0.264 e. The van der Waals surface area contributed by atoms with Gasteiger partial charge in [-0.25, -0.2) is 8.37 Å². The fourth-order valence-electron chi connectivity index (χ4n) is 1.95. The van der Waals surface area contributed by atoms with E-state index in [4.69, 9.17) is 9.11 Å². The fourth-order valence-corrected chi connectivity index (χ4v) is 3.06. The maximum atomic E-state index is 10.8. The summed E-state index contributed by atoms with van der Waals surface area (Å²) in [7, 11) is -9.47. The quantitative estimate of drug-likeness (QED) is 0.405. The lowest BCUT2D eigenvalue weighted by molar-refractivity contribution is 0.0374. The maximum Gasteiger partial charge on any atom is 0.397 e. The van der Waals surface area contributed by atoms with Gasteiger partial charge in [-0.3, -0.25) is 9.11 Å². The highest BCUT2D eigenvalue weighted by molar-refractivity contribution is 7.81. The molecule has 10 heteroatoms. The molecule has 2 atom stereocenters. The maximum absolute atomic E-state index is 10.8. The van der Waals surface area contributed by atoms with Crippen molar-refractivity contribution in [1.29, 1.82) is 0 Å². The van der Waals surface area contributed by atoms with Crippen LogP contribution in [0.1, 0.15) is 58.8 Å². The Balaban J connectivity index is 4.69. The number of rotatable bonds is 12. The molecule has 0 aromatic rings. The van der Waals surface area contributed by atoms with Gasteiger partial charge in [0.15, 0.2) is 0 Å². The van der Waals surface area contributed by atoms with Gasteiger partial charge in [0.1, 0.15) is 12.2 Å². The summed E-state index contributed by atoms with van der Waals surface area (Å²) in [5.74, 6) is 0. The monoisotopic (exact) mass is 348 g/mol. The highest BCUT2D eigenvalue weighted by Crippen LogP contribution is 2.19. The van der Waals surface area contributed by atoms with Crippen LogP contribution in [0.2, 0.25) is 0 Å². The highest BCUT2D eigenvalue weighted by Gasteiger charge is 2.29. The molecule has 0 saturated heterocycles. The molecule has 0 fully saturated rings. The molecule has 0 rings (SSSR count). The summed E-state index contributed by atoms with van der Waals surface area (Å²) in [6.45, 7) is 3.60. The van der Waals surface area contributed by atoms with Crippen LogP contribution < -0.4 is 0 Å². The van der Waals surface area contributed by atoms with Crippen molar-refractivity contribution in [2.24, 2.45) is 0 Å². The third-order valence-corrected chi connectivity index (χ3v) is 3.88. The van der Waals surface area contributed by atoms with Crippen LogP contribution in [0.25, 0.3) is 0 Å². The molecule has 0 aliphatic heterocycles. The summed E-state index contributed by atoms with van der Waals surface area (Å²) < 4.78 is 69.5. The van der Waals surface area contributed by atoms with Crippen molar-refractivity contribution in [1.82, 2.24) is 0 Å². The Bertz CT molecular complexity index is 470. The van der Waals surface area contributed by atoms with E-state index in [-0.39, 0.29) is 12.8 Å². The van der Waals surface area contributed by atoms with E-state index in [0.717, 1.165) is 25.7 Å². The first-order valence-corrected chi connectivity index (χ1v) is 9.63. The van der Waals surface area contributed by atoms with Gasteiger partial charge < -0.3 is 0 Å². The molecule has 128 valence electrons. The van der Waals surface area contributed by atoms with Crippen LogP contribution in [0.5, 0.6) is 0 Å². The van der Waals surface area contributed by atoms with Gasteiger partial charge in [0.25, 0.3) is 0 Å². The largest absolute Gasteiger partial charge is 0.397 e. The van der Waals surface area contributed by atoms with E-state index in [2.05, 4.69) is 15.3 Å². The molecular formula is C11H24O8S2. The molecule has 8 nitrogen and oxygen atoms in total. The third-order valence-electron chi connectivity index (χ3n) is 2.90. The molecule has 0 aliphatic carbocycles. The van der Waals surface area contributed by atoms with Crippen molar-refractivity contribution < 1.29 is 34.3 Å². The van der Waals surface area contributed by atoms with Crippen LogP contribution in [-0.4, -0.2) is 38.1 Å². The Morgan fingerprint density at radius 3 is 1.71 bits per heavy atom. The molecule has 21 heavy (non-hydrogen) atoms. The first kappa shape index (κ1) is 20.7. The minimum atomic E-state index is -4.74. The Morgan fingerprint density at radius 1 is 0.810 bits per heavy atom. The van der Waals surface area contributed by atoms with Crippen LogP contribution in [0, 0.1) is 0 Å². The smallest absolute Gasteiger partial charge is 0.264 e. The van der Waals surface area contributed by atoms with Crippen LogP contribution in [-0.2, 0) is 29.2 Å². The van der Waals surface area contributed by atoms with Crippen LogP contribution in [0.15, 0.2) is 0 Å². The summed E-state index contributed by atoms with van der Waals surface area (Å²) in [6.07, 6.45) is 2.39. The predicted molar refractivity (Wildman–Crippen MR) is 76.5 cm³/mol. The van der Waals surface area contributed by atoms with Crippen molar-refractivity contribution in [3.63, 3.8) is 0 Å². The topological polar surface area (TPSA) is 127 Å². The van der Waals surface area contributed by atoms with Gasteiger partial charge in [-0.15, -0.1) is 0 Å². The van der Waals surface area contributed by atoms with Gasteiger partial charge in [0, 0.05) is 0 Å². The van der Waals surface area contributed by atoms with Gasteiger partial charge >= 0.3 is 20.8 Å². The van der Waals surface area contributed by atoms with E-state index >= 15 is 0 Å². The van der Waals surface area contributed by atoms with Gasteiger partial charge in [-0.2, -0.15) is 16.8 Å². The summed E-state index contributed by atoms with van der Waals surface area (Å²) in [4.78, 5) is 0. The average Bonchev–Trinajstić information content (AvgIpc) is 2.31. The number of hydrogen-bond donors (Lipinski definition) is 2. The number of unbranched alkanes of at least 4 members (excludes halogenated alkanes) is 4. The highest BCUT2D eigenvalue weighted by atomic mass is 32.3. The van der Waals surface area contributed by atoms with Crippen molar-refractivity contribution in [2.45, 2.75) is 71.0 Å². The summed E-state index contributed by atoms with van der Waals surface area (Å²) in [6, 6.07) is 0. The molecule has 2 unspecified atom stereocenters. The lowest BCUT2D eigenvalue weighted by atomic mass is 10.0. The molecule has 0 radical (unpaired) electrons. The summed E-state index contributed by atoms with van der Waals surface area (Å²) in [5.41, 5.74) is 0. The SMILES string of the molecule is CCCCCCCC(OS(=O)(=O)O)C(CC)OS(=O)(=O)O. The molecule has 0 aliphatic rings. The first-order valence-electron chi connectivity index (χ1n) is 6.90. The molecule has 0 aromatic heterocycles. The Hall–Kier alpha value is -0.260. The standard InChI is InChI=1S/C11H24O8S2/c1-3-5-6-7-8-9-11(19-21(15,16)17)10(4-2)18-20(12,13)14/h10-11H,3-9H2,1-2H3,(H,12,13,14)(H,15,16,17). The Morgan fingerprint density at radius 2 is 1.29 bits per heavy atom. The first-order chi connectivity index (χ1) is 9.59. The summed E-state index contributed by atoms with van der Waals surface area (Å²) in [5, 5.41) is 0. The average molecular weight is 348 g/mol. The fraction of sp³-hybridized carbons (Fsp3) is 1.00. The second kappa shape index (κ2) is 9.70. The second-order valence-electron chi connectivity index (χ2n) is 4.74. The van der Waals surface area contributed by atoms with Gasteiger partial charge in [-0.1, -0.05) is 46.0 Å². The Labute approximate surface area is 126 Å². The van der Waals surface area contributed by atoms with Crippen molar-refractivity contribution in [3.05, 3.63) is 0 Å². The van der Waals surface area contributed by atoms with Crippen molar-refractivity contribution >= 4 is 20.8 Å². The van der Waals surface area contributed by atoms with Crippen molar-refractivity contribution in [2.75, 3.05) is 0 Å². The zero-order valence-electron chi connectivity index (χ0n) is 12.3. The normalized spacial score (nSPS) is 15.8. The van der Waals surface area contributed by atoms with Gasteiger partial charge in [0.2, 0.25) is 0 Å². The predicted octanol–water partition coefficient (Wildman–Crippen LogP) is 2.13. The van der Waals surface area contributed by atoms with E-state index < -0.39 is 33.0 Å². The van der Waals surface area contributed by atoms with E-state index in [1.807, 2.05) is 0 Å². The molecule has 2 N–H and O–H groups in total. The third kappa shape index (κ3) is 12.0. The second-order valence-corrected chi connectivity index (χ2v) is 6.83. The molecule has 0 amide bonds. The van der Waals surface area contributed by atoms with E-state index in [0.29, 0.717) is 6.42 Å². The van der Waals surface area contributed by atoms with Crippen molar-refractivity contribution in [3.8, 4) is 0 Å². The van der Waals surface area contributed by atoms with E-state index in [9.17, 15) is 16.8 Å².